The lowest BCUT2D eigenvalue weighted by molar-refractivity contribution is 0.0997. The quantitative estimate of drug-likeness (QED) is 0.807. The number of primary amides is 1. The van der Waals surface area contributed by atoms with Crippen molar-refractivity contribution in [3.05, 3.63) is 35.4 Å². The zero-order chi connectivity index (χ0) is 12.3. The summed E-state index contributed by atoms with van der Waals surface area (Å²) >= 11 is 0. The van der Waals surface area contributed by atoms with Gasteiger partial charge in [-0.1, -0.05) is 18.2 Å². The van der Waals surface area contributed by atoms with Crippen molar-refractivity contribution < 1.29 is 9.90 Å². The summed E-state index contributed by atoms with van der Waals surface area (Å²) < 4.78 is 0. The summed E-state index contributed by atoms with van der Waals surface area (Å²) in [5, 5.41) is 9.26. The minimum absolute atomic E-state index is 0.179. The highest BCUT2D eigenvalue weighted by molar-refractivity contribution is 5.94. The number of carbonyl (C=O) groups is 1. The van der Waals surface area contributed by atoms with Gasteiger partial charge in [0.25, 0.3) is 0 Å². The molecule has 0 bridgehead atoms. The molecule has 17 heavy (non-hydrogen) atoms. The fraction of sp³-hybridized carbons (Fsp3) is 0.462. The first-order valence-corrected chi connectivity index (χ1v) is 5.95. The zero-order valence-corrected chi connectivity index (χ0v) is 9.80. The van der Waals surface area contributed by atoms with Gasteiger partial charge < -0.3 is 10.8 Å². The van der Waals surface area contributed by atoms with Gasteiger partial charge in [-0.2, -0.15) is 0 Å². The van der Waals surface area contributed by atoms with Crippen LogP contribution in [0.15, 0.2) is 24.3 Å². The number of benzene rings is 1. The molecule has 4 nitrogen and oxygen atoms in total. The molecule has 0 aromatic heterocycles. The number of nitrogens with zero attached hydrogens (tertiary/aromatic N) is 1. The van der Waals surface area contributed by atoms with Crippen LogP contribution in [0.3, 0.4) is 0 Å². The number of carbonyl (C=O) groups excluding carboxylic acids is 1. The molecule has 1 amide bonds. The second kappa shape index (κ2) is 5.29. The molecular formula is C13H18N2O2. The molecule has 0 saturated carbocycles. The first kappa shape index (κ1) is 12.1. The van der Waals surface area contributed by atoms with Gasteiger partial charge in [-0.25, -0.2) is 0 Å². The summed E-state index contributed by atoms with van der Waals surface area (Å²) in [5.74, 6) is -0.389. The van der Waals surface area contributed by atoms with Crippen LogP contribution < -0.4 is 5.73 Å². The Bertz CT molecular complexity index is 406. The van der Waals surface area contributed by atoms with E-state index in [1.807, 2.05) is 18.2 Å². The number of likely N-dealkylation sites (tertiary alicyclic amines) is 1. The second-order valence-electron chi connectivity index (χ2n) is 4.47. The van der Waals surface area contributed by atoms with Crippen LogP contribution in [0.2, 0.25) is 0 Å². The van der Waals surface area contributed by atoms with Crippen molar-refractivity contribution in [2.45, 2.75) is 25.4 Å². The molecule has 3 N–H and O–H groups in total. The second-order valence-corrected chi connectivity index (χ2v) is 4.47. The van der Waals surface area contributed by atoms with E-state index in [1.165, 1.54) is 0 Å². The van der Waals surface area contributed by atoms with Gasteiger partial charge >= 0.3 is 0 Å². The van der Waals surface area contributed by atoms with E-state index < -0.39 is 0 Å². The number of hydrogen-bond donors (Lipinski definition) is 2. The van der Waals surface area contributed by atoms with Crippen molar-refractivity contribution in [1.29, 1.82) is 0 Å². The lowest BCUT2D eigenvalue weighted by atomic mass is 10.1. The van der Waals surface area contributed by atoms with Crippen LogP contribution in [-0.4, -0.2) is 35.1 Å². The van der Waals surface area contributed by atoms with Gasteiger partial charge in [0.1, 0.15) is 0 Å². The number of amides is 1. The molecule has 2 rings (SSSR count). The SMILES string of the molecule is NC(=O)c1ccccc1CN1CCC[C@H]1CO. The highest BCUT2D eigenvalue weighted by atomic mass is 16.3. The van der Waals surface area contributed by atoms with Gasteiger partial charge in [-0.15, -0.1) is 0 Å². The lowest BCUT2D eigenvalue weighted by Crippen LogP contribution is -2.32. The maximum Gasteiger partial charge on any atom is 0.249 e. The molecule has 1 aliphatic heterocycles. The highest BCUT2D eigenvalue weighted by Gasteiger charge is 2.24. The van der Waals surface area contributed by atoms with E-state index in [0.29, 0.717) is 12.1 Å². The van der Waals surface area contributed by atoms with Crippen LogP contribution in [0.5, 0.6) is 0 Å². The predicted octanol–water partition coefficient (Wildman–Crippen LogP) is 0.742. The van der Waals surface area contributed by atoms with Crippen LogP contribution in [0.1, 0.15) is 28.8 Å². The van der Waals surface area contributed by atoms with Crippen LogP contribution >= 0.6 is 0 Å². The predicted molar refractivity (Wildman–Crippen MR) is 65.5 cm³/mol. The van der Waals surface area contributed by atoms with Crippen molar-refractivity contribution in [1.82, 2.24) is 4.90 Å². The molecule has 1 aliphatic rings. The zero-order valence-electron chi connectivity index (χ0n) is 9.80. The van der Waals surface area contributed by atoms with Crippen molar-refractivity contribution >= 4 is 5.91 Å². The Morgan fingerprint density at radius 1 is 1.47 bits per heavy atom. The average Bonchev–Trinajstić information content (AvgIpc) is 2.77. The number of aliphatic hydroxyl groups is 1. The van der Waals surface area contributed by atoms with Gasteiger partial charge in [-0.05, 0) is 31.0 Å². The normalized spacial score (nSPS) is 20.6. The van der Waals surface area contributed by atoms with Gasteiger partial charge in [0.2, 0.25) is 5.91 Å². The molecule has 1 aromatic carbocycles. The smallest absolute Gasteiger partial charge is 0.249 e. The molecule has 0 spiro atoms. The minimum atomic E-state index is -0.389. The number of nitrogens with two attached hydrogens (primary N) is 1. The van der Waals surface area contributed by atoms with Gasteiger partial charge in [0.05, 0.1) is 6.61 Å². The van der Waals surface area contributed by atoms with Crippen LogP contribution in [0.25, 0.3) is 0 Å². The monoisotopic (exact) mass is 234 g/mol. The van der Waals surface area contributed by atoms with Crippen LogP contribution in [0, 0.1) is 0 Å². The fourth-order valence-electron chi connectivity index (χ4n) is 2.43. The third kappa shape index (κ3) is 2.65. The third-order valence-electron chi connectivity index (χ3n) is 3.37. The van der Waals surface area contributed by atoms with E-state index in [4.69, 9.17) is 5.73 Å². The maximum absolute atomic E-state index is 11.3. The van der Waals surface area contributed by atoms with Crippen LogP contribution in [0.4, 0.5) is 0 Å². The molecule has 4 heteroatoms. The summed E-state index contributed by atoms with van der Waals surface area (Å²) in [7, 11) is 0. The summed E-state index contributed by atoms with van der Waals surface area (Å²) in [6, 6.07) is 7.62. The molecule has 1 heterocycles. The molecule has 0 radical (unpaired) electrons. The lowest BCUT2D eigenvalue weighted by Gasteiger charge is -2.23. The average molecular weight is 234 g/mol. The largest absolute Gasteiger partial charge is 0.395 e. The first-order chi connectivity index (χ1) is 8.22. The van der Waals surface area contributed by atoms with Crippen LogP contribution in [-0.2, 0) is 6.54 Å². The number of aliphatic hydroxyl groups excluding tert-OH is 1. The summed E-state index contributed by atoms with van der Waals surface area (Å²) in [5.41, 5.74) is 6.87. The topological polar surface area (TPSA) is 66.6 Å². The third-order valence-corrected chi connectivity index (χ3v) is 3.37. The Balaban J connectivity index is 2.15. The Kier molecular flexibility index (Phi) is 3.76. The molecular weight excluding hydrogens is 216 g/mol. The van der Waals surface area contributed by atoms with E-state index in [2.05, 4.69) is 4.90 Å². The molecule has 0 aliphatic carbocycles. The summed E-state index contributed by atoms with van der Waals surface area (Å²) in [6.07, 6.45) is 2.12. The minimum Gasteiger partial charge on any atom is -0.395 e. The Labute approximate surface area is 101 Å². The van der Waals surface area contributed by atoms with Crippen molar-refractivity contribution in [3.63, 3.8) is 0 Å². The molecule has 1 saturated heterocycles. The Morgan fingerprint density at radius 3 is 2.94 bits per heavy atom. The van der Waals surface area contributed by atoms with E-state index in [0.717, 1.165) is 24.9 Å². The van der Waals surface area contributed by atoms with Crippen molar-refractivity contribution in [3.8, 4) is 0 Å². The van der Waals surface area contributed by atoms with Gasteiger partial charge in [0.15, 0.2) is 0 Å². The van der Waals surface area contributed by atoms with Crippen molar-refractivity contribution in [2.24, 2.45) is 5.73 Å². The fourth-order valence-corrected chi connectivity index (χ4v) is 2.43. The standard InChI is InChI=1S/C13H18N2O2/c14-13(17)12-6-2-1-4-10(12)8-15-7-3-5-11(15)9-16/h1-2,4,6,11,16H,3,5,7-9H2,(H2,14,17)/t11-/m0/s1. The Hall–Kier alpha value is -1.39. The molecule has 1 fully saturated rings. The molecule has 0 unspecified atom stereocenters. The molecule has 1 aromatic rings. The maximum atomic E-state index is 11.3. The highest BCUT2D eigenvalue weighted by Crippen LogP contribution is 2.21. The molecule has 92 valence electrons. The number of rotatable bonds is 4. The first-order valence-electron chi connectivity index (χ1n) is 5.95. The van der Waals surface area contributed by atoms with Gasteiger partial charge in [0, 0.05) is 18.2 Å². The summed E-state index contributed by atoms with van der Waals surface area (Å²) in [6.45, 7) is 1.83. The molecule has 1 atom stereocenters. The van der Waals surface area contributed by atoms with E-state index in [1.54, 1.807) is 6.07 Å². The van der Waals surface area contributed by atoms with E-state index in [9.17, 15) is 9.90 Å². The number of hydrogen-bond acceptors (Lipinski definition) is 3. The van der Waals surface area contributed by atoms with E-state index in [-0.39, 0.29) is 18.6 Å². The van der Waals surface area contributed by atoms with E-state index >= 15 is 0 Å². The summed E-state index contributed by atoms with van der Waals surface area (Å²) in [4.78, 5) is 13.5. The van der Waals surface area contributed by atoms with Gasteiger partial charge in [-0.3, -0.25) is 9.69 Å². The Morgan fingerprint density at radius 2 is 2.24 bits per heavy atom. The van der Waals surface area contributed by atoms with Crippen molar-refractivity contribution in [2.75, 3.05) is 13.2 Å².